The van der Waals surface area contributed by atoms with Crippen LogP contribution in [0.25, 0.3) is 11.1 Å². The number of nitrogens with two attached hydrogens (primary N) is 1. The number of carbonyl (C=O) groups excluding carboxylic acids is 1. The molecule has 0 saturated carbocycles. The van der Waals surface area contributed by atoms with Crippen molar-refractivity contribution in [3.8, 4) is 22.8 Å². The third-order valence-corrected chi connectivity index (χ3v) is 5.40. The molecule has 0 radical (unpaired) electrons. The lowest BCUT2D eigenvalue weighted by Gasteiger charge is -2.15. The van der Waals surface area contributed by atoms with E-state index in [2.05, 4.69) is 20.5 Å². The Kier molecular flexibility index (Phi) is 6.74. The second-order valence-corrected chi connectivity index (χ2v) is 8.16. The number of halogens is 2. The van der Waals surface area contributed by atoms with E-state index in [-0.39, 0.29) is 45.5 Å². The van der Waals surface area contributed by atoms with Crippen LogP contribution < -0.4 is 21.2 Å². The molecule has 0 aliphatic rings. The van der Waals surface area contributed by atoms with Crippen LogP contribution in [-0.4, -0.2) is 25.7 Å². The first kappa shape index (κ1) is 23.8. The quantitative estimate of drug-likeness (QED) is 0.398. The Balaban J connectivity index is 1.59. The van der Waals surface area contributed by atoms with Gasteiger partial charge in [-0.25, -0.2) is 9.37 Å². The van der Waals surface area contributed by atoms with Gasteiger partial charge in [-0.1, -0.05) is 23.7 Å². The van der Waals surface area contributed by atoms with Gasteiger partial charge < -0.3 is 20.4 Å². The first-order valence-electron chi connectivity index (χ1n) is 10.5. The molecular formula is C24H20ClFN6O3. The molecule has 1 aromatic carbocycles. The van der Waals surface area contributed by atoms with Gasteiger partial charge in [0.1, 0.15) is 22.2 Å². The van der Waals surface area contributed by atoms with Gasteiger partial charge in [0.2, 0.25) is 11.3 Å². The van der Waals surface area contributed by atoms with E-state index in [4.69, 9.17) is 22.1 Å². The van der Waals surface area contributed by atoms with Gasteiger partial charge in [0.05, 0.1) is 0 Å². The minimum absolute atomic E-state index is 0.0355. The maximum atomic E-state index is 13.4. The van der Waals surface area contributed by atoms with Crippen LogP contribution in [0.3, 0.4) is 0 Å². The summed E-state index contributed by atoms with van der Waals surface area (Å²) >= 11 is 6.06. The second-order valence-electron chi connectivity index (χ2n) is 7.78. The number of amides is 1. The van der Waals surface area contributed by atoms with Gasteiger partial charge in [-0.15, -0.1) is 10.2 Å². The summed E-state index contributed by atoms with van der Waals surface area (Å²) in [4.78, 5) is 30.0. The SMILES string of the molecule is CC(C)n1cc(C(=O)Nc2ccc(Oc3ccnc(N)c3Cl)nn2)c(=O)c(-c2ccc(F)cc2)c1. The molecule has 0 spiro atoms. The summed E-state index contributed by atoms with van der Waals surface area (Å²) in [7, 11) is 0. The highest BCUT2D eigenvalue weighted by Crippen LogP contribution is 2.31. The molecule has 0 atom stereocenters. The van der Waals surface area contributed by atoms with Crippen molar-refractivity contribution >= 4 is 29.1 Å². The zero-order valence-corrected chi connectivity index (χ0v) is 19.5. The largest absolute Gasteiger partial charge is 0.436 e. The highest BCUT2D eigenvalue weighted by Gasteiger charge is 2.18. The Morgan fingerprint density at radius 1 is 1.11 bits per heavy atom. The molecule has 0 aliphatic heterocycles. The van der Waals surface area contributed by atoms with E-state index in [0.717, 1.165) is 0 Å². The first-order valence-corrected chi connectivity index (χ1v) is 10.9. The van der Waals surface area contributed by atoms with Crippen LogP contribution in [0.1, 0.15) is 30.2 Å². The van der Waals surface area contributed by atoms with Crippen molar-refractivity contribution in [3.05, 3.63) is 87.7 Å². The van der Waals surface area contributed by atoms with E-state index in [9.17, 15) is 14.0 Å². The fourth-order valence-corrected chi connectivity index (χ4v) is 3.30. The number of aromatic nitrogens is 4. The molecule has 3 aromatic heterocycles. The van der Waals surface area contributed by atoms with E-state index in [1.807, 2.05) is 13.8 Å². The Labute approximate surface area is 204 Å². The van der Waals surface area contributed by atoms with Crippen LogP contribution in [0.5, 0.6) is 11.6 Å². The van der Waals surface area contributed by atoms with Crippen LogP contribution in [0, 0.1) is 5.82 Å². The van der Waals surface area contributed by atoms with Crippen LogP contribution in [-0.2, 0) is 0 Å². The molecule has 4 rings (SSSR count). The number of rotatable bonds is 6. The fourth-order valence-electron chi connectivity index (χ4n) is 3.15. The lowest BCUT2D eigenvalue weighted by molar-refractivity contribution is 0.102. The van der Waals surface area contributed by atoms with Gasteiger partial charge in [-0.2, -0.15) is 0 Å². The van der Waals surface area contributed by atoms with E-state index in [1.165, 1.54) is 54.9 Å². The average molecular weight is 495 g/mol. The van der Waals surface area contributed by atoms with Crippen molar-refractivity contribution < 1.29 is 13.9 Å². The summed E-state index contributed by atoms with van der Waals surface area (Å²) in [6.45, 7) is 3.82. The summed E-state index contributed by atoms with van der Waals surface area (Å²) in [5, 5.41) is 10.5. The molecule has 178 valence electrons. The minimum atomic E-state index is -0.665. The van der Waals surface area contributed by atoms with Crippen molar-refractivity contribution in [1.29, 1.82) is 0 Å². The Bertz CT molecular complexity index is 1440. The molecule has 0 aliphatic carbocycles. The molecule has 3 heterocycles. The molecule has 9 nitrogen and oxygen atoms in total. The van der Waals surface area contributed by atoms with Gasteiger partial charge in [0.25, 0.3) is 5.91 Å². The standard InChI is InChI=1S/C24H20ClFN6O3/c1-13(2)32-11-16(14-3-5-15(26)6-4-14)22(33)17(12-32)24(34)29-19-7-8-20(31-30-19)35-18-9-10-28-23(27)21(18)25/h3-13H,1-2H3,(H2,27,28)(H,29,30,34). The van der Waals surface area contributed by atoms with Crippen LogP contribution in [0.15, 0.2) is 65.8 Å². The Morgan fingerprint density at radius 2 is 1.86 bits per heavy atom. The lowest BCUT2D eigenvalue weighted by Crippen LogP contribution is -2.25. The predicted molar refractivity (Wildman–Crippen MR) is 130 cm³/mol. The van der Waals surface area contributed by atoms with Crippen molar-refractivity contribution in [2.45, 2.75) is 19.9 Å². The molecule has 35 heavy (non-hydrogen) atoms. The molecule has 1 amide bonds. The summed E-state index contributed by atoms with van der Waals surface area (Å²) in [5.41, 5.74) is 5.83. The van der Waals surface area contributed by atoms with Crippen LogP contribution >= 0.6 is 11.6 Å². The Hall–Kier alpha value is -4.31. The number of hydrogen-bond donors (Lipinski definition) is 2. The zero-order valence-electron chi connectivity index (χ0n) is 18.7. The van der Waals surface area contributed by atoms with E-state index >= 15 is 0 Å². The van der Waals surface area contributed by atoms with E-state index in [1.54, 1.807) is 10.8 Å². The minimum Gasteiger partial charge on any atom is -0.436 e. The second kappa shape index (κ2) is 9.90. The maximum Gasteiger partial charge on any atom is 0.262 e. The van der Waals surface area contributed by atoms with Gasteiger partial charge in [-0.3, -0.25) is 9.59 Å². The number of nitrogens with zero attached hydrogens (tertiary/aromatic N) is 4. The topological polar surface area (TPSA) is 125 Å². The normalized spacial score (nSPS) is 10.9. The van der Waals surface area contributed by atoms with Gasteiger partial charge >= 0.3 is 0 Å². The highest BCUT2D eigenvalue weighted by molar-refractivity contribution is 6.34. The number of anilines is 2. The maximum absolute atomic E-state index is 13.4. The monoisotopic (exact) mass is 494 g/mol. The van der Waals surface area contributed by atoms with Crippen molar-refractivity contribution in [3.63, 3.8) is 0 Å². The molecule has 0 fully saturated rings. The number of benzene rings is 1. The number of nitrogen functional groups attached to an aromatic ring is 1. The van der Waals surface area contributed by atoms with Crippen molar-refractivity contribution in [2.24, 2.45) is 0 Å². The van der Waals surface area contributed by atoms with E-state index in [0.29, 0.717) is 5.56 Å². The van der Waals surface area contributed by atoms with Crippen LogP contribution in [0.2, 0.25) is 5.02 Å². The van der Waals surface area contributed by atoms with Gasteiger partial charge in [0, 0.05) is 42.3 Å². The zero-order chi connectivity index (χ0) is 25.1. The van der Waals surface area contributed by atoms with Gasteiger partial charge in [-0.05, 0) is 37.6 Å². The third-order valence-electron chi connectivity index (χ3n) is 5.02. The molecule has 0 saturated heterocycles. The summed E-state index contributed by atoms with van der Waals surface area (Å²) in [6.07, 6.45) is 4.54. The number of carbonyl (C=O) groups is 1. The number of ether oxygens (including phenoxy) is 1. The summed E-state index contributed by atoms with van der Waals surface area (Å²) in [6, 6.07) is 9.91. The van der Waals surface area contributed by atoms with Crippen LogP contribution in [0.4, 0.5) is 16.0 Å². The Morgan fingerprint density at radius 3 is 2.51 bits per heavy atom. The predicted octanol–water partition coefficient (Wildman–Crippen LogP) is 4.70. The number of nitrogens with one attached hydrogen (secondary N) is 1. The van der Waals surface area contributed by atoms with Crippen molar-refractivity contribution in [2.75, 3.05) is 11.1 Å². The summed E-state index contributed by atoms with van der Waals surface area (Å²) in [5.74, 6) is -0.525. The fraction of sp³-hybridized carbons (Fsp3) is 0.125. The first-order chi connectivity index (χ1) is 16.7. The number of pyridine rings is 2. The molecule has 3 N–H and O–H groups in total. The molecule has 11 heteroatoms. The lowest BCUT2D eigenvalue weighted by atomic mass is 10.0. The van der Waals surface area contributed by atoms with E-state index < -0.39 is 17.2 Å². The molecule has 0 unspecified atom stereocenters. The highest BCUT2D eigenvalue weighted by atomic mass is 35.5. The average Bonchev–Trinajstić information content (AvgIpc) is 2.84. The van der Waals surface area contributed by atoms with Gasteiger partial charge in [0.15, 0.2) is 11.6 Å². The summed E-state index contributed by atoms with van der Waals surface area (Å²) < 4.78 is 20.7. The molecular weight excluding hydrogens is 475 g/mol. The molecule has 4 aromatic rings. The third kappa shape index (κ3) is 5.28. The molecule has 0 bridgehead atoms. The smallest absolute Gasteiger partial charge is 0.262 e. The van der Waals surface area contributed by atoms with Crippen molar-refractivity contribution in [1.82, 2.24) is 19.7 Å². The number of hydrogen-bond acceptors (Lipinski definition) is 7.